The number of rotatable bonds is 6. The highest BCUT2D eigenvalue weighted by atomic mass is 32.1. The van der Waals surface area contributed by atoms with E-state index in [4.69, 9.17) is 17.0 Å². The van der Waals surface area contributed by atoms with Gasteiger partial charge in [0.05, 0.1) is 19.8 Å². The molecule has 2 heterocycles. The first-order chi connectivity index (χ1) is 13.6. The lowest BCUT2D eigenvalue weighted by molar-refractivity contribution is -0.117. The van der Waals surface area contributed by atoms with E-state index in [1.54, 1.807) is 12.1 Å². The molecule has 1 aromatic carbocycles. The molecule has 0 aromatic heterocycles. The molecule has 2 saturated heterocycles. The van der Waals surface area contributed by atoms with Crippen LogP contribution >= 0.6 is 12.2 Å². The highest BCUT2D eigenvalue weighted by Crippen LogP contribution is 2.09. The molecule has 0 radical (unpaired) electrons. The van der Waals surface area contributed by atoms with Crippen LogP contribution in [0.3, 0.4) is 0 Å². The molecule has 1 amide bonds. The molecule has 1 aromatic rings. The Balaban J connectivity index is 1.31. The van der Waals surface area contributed by atoms with E-state index in [-0.39, 0.29) is 11.7 Å². The fourth-order valence-corrected chi connectivity index (χ4v) is 3.59. The maximum atomic E-state index is 12.9. The zero-order valence-corrected chi connectivity index (χ0v) is 16.8. The number of halogens is 1. The molecule has 0 spiro atoms. The van der Waals surface area contributed by atoms with E-state index in [2.05, 4.69) is 25.3 Å². The summed E-state index contributed by atoms with van der Waals surface area (Å²) in [5, 5.41) is 6.92. The first-order valence-corrected chi connectivity index (χ1v) is 10.1. The molecule has 2 N–H and O–H groups in total. The van der Waals surface area contributed by atoms with Crippen LogP contribution in [0.25, 0.3) is 0 Å². The third-order valence-corrected chi connectivity index (χ3v) is 5.37. The topological polar surface area (TPSA) is 60.1 Å². The van der Waals surface area contributed by atoms with Gasteiger partial charge in [0.1, 0.15) is 5.82 Å². The number of carbonyl (C=O) groups is 1. The number of morpholine rings is 1. The van der Waals surface area contributed by atoms with E-state index < -0.39 is 0 Å². The highest BCUT2D eigenvalue weighted by molar-refractivity contribution is 7.80. The normalized spacial score (nSPS) is 18.7. The van der Waals surface area contributed by atoms with Gasteiger partial charge in [0, 0.05) is 58.0 Å². The maximum Gasteiger partial charge on any atom is 0.238 e. The fourth-order valence-electron chi connectivity index (χ4n) is 3.30. The lowest BCUT2D eigenvalue weighted by atomic mass is 10.3. The van der Waals surface area contributed by atoms with Crippen LogP contribution in [0.4, 0.5) is 10.1 Å². The van der Waals surface area contributed by atoms with Gasteiger partial charge < -0.3 is 20.3 Å². The molecule has 7 nitrogen and oxygen atoms in total. The number of piperazine rings is 1. The Morgan fingerprint density at radius 2 is 1.71 bits per heavy atom. The Morgan fingerprint density at radius 3 is 2.39 bits per heavy atom. The number of carbonyl (C=O) groups excluding carboxylic acids is 1. The van der Waals surface area contributed by atoms with Gasteiger partial charge in [0.15, 0.2) is 5.11 Å². The zero-order valence-electron chi connectivity index (χ0n) is 16.0. The molecule has 0 aliphatic carbocycles. The SMILES string of the molecule is O=C(CN1CCN(C(=S)NCCN2CCOCC2)CC1)Nc1ccc(F)cc1. The molecule has 2 aliphatic rings. The minimum Gasteiger partial charge on any atom is -0.379 e. The summed E-state index contributed by atoms with van der Waals surface area (Å²) in [5.41, 5.74) is 0.607. The van der Waals surface area contributed by atoms with Crippen molar-refractivity contribution < 1.29 is 13.9 Å². The monoisotopic (exact) mass is 409 g/mol. The lowest BCUT2D eigenvalue weighted by Crippen LogP contribution is -2.53. The van der Waals surface area contributed by atoms with Crippen LogP contribution in [0.2, 0.25) is 0 Å². The number of thiocarbonyl (C=S) groups is 1. The highest BCUT2D eigenvalue weighted by Gasteiger charge is 2.20. The summed E-state index contributed by atoms with van der Waals surface area (Å²) in [6.45, 7) is 8.85. The van der Waals surface area contributed by atoms with E-state index >= 15 is 0 Å². The van der Waals surface area contributed by atoms with Crippen LogP contribution < -0.4 is 10.6 Å². The largest absolute Gasteiger partial charge is 0.379 e. The van der Waals surface area contributed by atoms with E-state index in [0.29, 0.717) is 12.2 Å². The number of hydrogen-bond donors (Lipinski definition) is 2. The number of nitrogens with one attached hydrogen (secondary N) is 2. The number of anilines is 1. The first kappa shape index (κ1) is 20.9. The summed E-state index contributed by atoms with van der Waals surface area (Å²) in [6, 6.07) is 5.79. The lowest BCUT2D eigenvalue weighted by Gasteiger charge is -2.36. The quantitative estimate of drug-likeness (QED) is 0.667. The van der Waals surface area contributed by atoms with Crippen LogP contribution in [-0.2, 0) is 9.53 Å². The summed E-state index contributed by atoms with van der Waals surface area (Å²) < 4.78 is 18.3. The molecule has 0 unspecified atom stereocenters. The molecule has 9 heteroatoms. The van der Waals surface area contributed by atoms with Gasteiger partial charge in [-0.05, 0) is 36.5 Å². The first-order valence-electron chi connectivity index (χ1n) is 9.71. The Labute approximate surface area is 170 Å². The second-order valence-electron chi connectivity index (χ2n) is 7.00. The summed E-state index contributed by atoms with van der Waals surface area (Å²) in [6.07, 6.45) is 0. The van der Waals surface area contributed by atoms with Crippen molar-refractivity contribution in [3.8, 4) is 0 Å². The van der Waals surface area contributed by atoms with Crippen LogP contribution in [0, 0.1) is 5.82 Å². The van der Waals surface area contributed by atoms with Crippen molar-refractivity contribution >= 4 is 28.9 Å². The number of hydrogen-bond acceptors (Lipinski definition) is 5. The van der Waals surface area contributed by atoms with Gasteiger partial charge in [-0.15, -0.1) is 0 Å². The van der Waals surface area contributed by atoms with Crippen molar-refractivity contribution in [3.63, 3.8) is 0 Å². The number of benzene rings is 1. The predicted molar refractivity (Wildman–Crippen MR) is 111 cm³/mol. The van der Waals surface area contributed by atoms with E-state index in [0.717, 1.165) is 70.7 Å². The molecule has 28 heavy (non-hydrogen) atoms. The molecular weight excluding hydrogens is 381 g/mol. The van der Waals surface area contributed by atoms with Crippen LogP contribution in [0.5, 0.6) is 0 Å². The Bertz CT molecular complexity index is 646. The Morgan fingerprint density at radius 1 is 1.04 bits per heavy atom. The van der Waals surface area contributed by atoms with Crippen molar-refractivity contribution in [3.05, 3.63) is 30.1 Å². The number of nitrogens with zero attached hydrogens (tertiary/aromatic N) is 3. The van der Waals surface area contributed by atoms with Gasteiger partial charge in [-0.3, -0.25) is 14.6 Å². The molecule has 3 rings (SSSR count). The Kier molecular flexibility index (Phi) is 7.96. The van der Waals surface area contributed by atoms with Gasteiger partial charge in [-0.2, -0.15) is 0 Å². The maximum absolute atomic E-state index is 12.9. The molecule has 2 aliphatic heterocycles. The zero-order chi connectivity index (χ0) is 19.8. The van der Waals surface area contributed by atoms with E-state index in [9.17, 15) is 9.18 Å². The van der Waals surface area contributed by atoms with Crippen LogP contribution in [0.15, 0.2) is 24.3 Å². The minimum absolute atomic E-state index is 0.0914. The van der Waals surface area contributed by atoms with Crippen molar-refractivity contribution in [2.24, 2.45) is 0 Å². The third-order valence-electron chi connectivity index (χ3n) is 4.96. The molecule has 2 fully saturated rings. The van der Waals surface area contributed by atoms with E-state index in [1.165, 1.54) is 12.1 Å². The van der Waals surface area contributed by atoms with Crippen molar-refractivity contribution in [2.75, 3.05) is 77.4 Å². The van der Waals surface area contributed by atoms with Gasteiger partial charge >= 0.3 is 0 Å². The van der Waals surface area contributed by atoms with Gasteiger partial charge in [-0.1, -0.05) is 0 Å². The van der Waals surface area contributed by atoms with Crippen molar-refractivity contribution in [2.45, 2.75) is 0 Å². The summed E-state index contributed by atoms with van der Waals surface area (Å²) in [7, 11) is 0. The smallest absolute Gasteiger partial charge is 0.238 e. The standard InChI is InChI=1S/C19H28FN5O2S/c20-16-1-3-17(4-2-16)22-18(26)15-24-7-9-25(10-8-24)19(28)21-5-6-23-11-13-27-14-12-23/h1-4H,5-15H2,(H,21,28)(H,22,26). The fraction of sp³-hybridized carbons (Fsp3) is 0.579. The van der Waals surface area contributed by atoms with Gasteiger partial charge in [0.25, 0.3) is 0 Å². The third kappa shape index (κ3) is 6.66. The van der Waals surface area contributed by atoms with Gasteiger partial charge in [0.2, 0.25) is 5.91 Å². The van der Waals surface area contributed by atoms with Crippen molar-refractivity contribution in [1.29, 1.82) is 0 Å². The number of amides is 1. The molecular formula is C19H28FN5O2S. The molecule has 0 bridgehead atoms. The Hall–Kier alpha value is -1.81. The summed E-state index contributed by atoms with van der Waals surface area (Å²) in [5.74, 6) is -0.407. The van der Waals surface area contributed by atoms with Crippen molar-refractivity contribution in [1.82, 2.24) is 20.0 Å². The summed E-state index contributed by atoms with van der Waals surface area (Å²) >= 11 is 5.51. The van der Waals surface area contributed by atoms with Crippen LogP contribution in [-0.4, -0.2) is 97.8 Å². The average molecular weight is 410 g/mol. The number of ether oxygens (including phenoxy) is 1. The van der Waals surface area contributed by atoms with E-state index in [1.807, 2.05) is 0 Å². The average Bonchev–Trinajstić information content (AvgIpc) is 2.71. The predicted octanol–water partition coefficient (Wildman–Crippen LogP) is 0.589. The summed E-state index contributed by atoms with van der Waals surface area (Å²) in [4.78, 5) is 18.8. The minimum atomic E-state index is -0.316. The molecule has 0 saturated carbocycles. The second-order valence-corrected chi connectivity index (χ2v) is 7.39. The second kappa shape index (κ2) is 10.7. The van der Waals surface area contributed by atoms with Gasteiger partial charge in [-0.25, -0.2) is 4.39 Å². The molecule has 0 atom stereocenters. The van der Waals surface area contributed by atoms with Crippen LogP contribution in [0.1, 0.15) is 0 Å². The molecule has 154 valence electrons.